The average Bonchev–Trinajstić information content (AvgIpc) is 2.68. The highest BCUT2D eigenvalue weighted by Crippen LogP contribution is 2.24. The molecule has 0 aliphatic carbocycles. The van der Waals surface area contributed by atoms with Crippen LogP contribution in [0.1, 0.15) is 53.0 Å². The molecule has 0 aliphatic heterocycles. The third kappa shape index (κ3) is 8.21. The summed E-state index contributed by atoms with van der Waals surface area (Å²) in [5.74, 6) is 1.76. The Morgan fingerprint density at radius 3 is 2.33 bits per heavy atom. The van der Waals surface area contributed by atoms with E-state index in [0.717, 1.165) is 44.3 Å². The van der Waals surface area contributed by atoms with Gasteiger partial charge < -0.3 is 20.3 Å². The second-order valence-corrected chi connectivity index (χ2v) is 7.75. The second-order valence-electron chi connectivity index (χ2n) is 7.75. The number of hydrogen-bond acceptors (Lipinski definition) is 3. The zero-order chi connectivity index (χ0) is 20.3. The Morgan fingerprint density at radius 2 is 1.81 bits per heavy atom. The van der Waals surface area contributed by atoms with Gasteiger partial charge in [0.1, 0.15) is 5.75 Å². The van der Waals surface area contributed by atoms with Crippen molar-refractivity contribution in [1.82, 2.24) is 15.5 Å². The van der Waals surface area contributed by atoms with Crippen molar-refractivity contribution in [2.75, 3.05) is 40.3 Å². The van der Waals surface area contributed by atoms with E-state index in [1.165, 1.54) is 12.0 Å². The normalized spacial score (nSPS) is 13.6. The zero-order valence-corrected chi connectivity index (χ0v) is 18.4. The summed E-state index contributed by atoms with van der Waals surface area (Å²) in [5, 5.41) is 7.01. The lowest BCUT2D eigenvalue weighted by molar-refractivity contribution is 0.292. The van der Waals surface area contributed by atoms with Crippen LogP contribution >= 0.6 is 0 Å². The highest BCUT2D eigenvalue weighted by atomic mass is 16.5. The maximum Gasteiger partial charge on any atom is 0.191 e. The molecule has 0 saturated carbocycles. The van der Waals surface area contributed by atoms with Crippen molar-refractivity contribution >= 4 is 5.96 Å². The van der Waals surface area contributed by atoms with Crippen molar-refractivity contribution in [3.8, 4) is 5.75 Å². The van der Waals surface area contributed by atoms with Gasteiger partial charge in [-0.1, -0.05) is 39.8 Å². The Hall–Kier alpha value is -1.75. The van der Waals surface area contributed by atoms with Gasteiger partial charge in [0.2, 0.25) is 0 Å². The predicted molar refractivity (Wildman–Crippen MR) is 117 cm³/mol. The number of aliphatic imine (C=N–C) groups is 1. The third-order valence-electron chi connectivity index (χ3n) is 5.18. The summed E-state index contributed by atoms with van der Waals surface area (Å²) in [6, 6.07) is 8.69. The SMILES string of the molecule is CCN(CC)CCCC(C)NC(=NC)NCC(C)(C)c1ccc(OC)cc1. The van der Waals surface area contributed by atoms with Crippen LogP contribution in [0.15, 0.2) is 29.3 Å². The molecule has 0 fully saturated rings. The van der Waals surface area contributed by atoms with Crippen LogP contribution in [0.25, 0.3) is 0 Å². The summed E-state index contributed by atoms with van der Waals surface area (Å²) < 4.78 is 5.25. The number of ether oxygens (including phenoxy) is 1. The highest BCUT2D eigenvalue weighted by Gasteiger charge is 2.21. The summed E-state index contributed by atoms with van der Waals surface area (Å²) in [7, 11) is 3.53. The number of nitrogens with one attached hydrogen (secondary N) is 2. The molecule has 0 spiro atoms. The van der Waals surface area contributed by atoms with E-state index in [0.29, 0.717) is 6.04 Å². The van der Waals surface area contributed by atoms with Gasteiger partial charge in [-0.15, -0.1) is 0 Å². The first-order valence-electron chi connectivity index (χ1n) is 10.2. The van der Waals surface area contributed by atoms with Gasteiger partial charge in [0, 0.05) is 25.0 Å². The van der Waals surface area contributed by atoms with Crippen LogP contribution < -0.4 is 15.4 Å². The van der Waals surface area contributed by atoms with Crippen LogP contribution in [0.5, 0.6) is 5.75 Å². The Balaban J connectivity index is 2.47. The summed E-state index contributed by atoms with van der Waals surface area (Å²) in [4.78, 5) is 6.86. The van der Waals surface area contributed by atoms with Crippen molar-refractivity contribution in [3.63, 3.8) is 0 Å². The first kappa shape index (κ1) is 23.3. The van der Waals surface area contributed by atoms with Crippen molar-refractivity contribution in [2.45, 2.75) is 58.9 Å². The minimum atomic E-state index is -0.00408. The van der Waals surface area contributed by atoms with Crippen molar-refractivity contribution in [3.05, 3.63) is 29.8 Å². The van der Waals surface area contributed by atoms with Crippen molar-refractivity contribution in [2.24, 2.45) is 4.99 Å². The second kappa shape index (κ2) is 11.9. The lowest BCUT2D eigenvalue weighted by Gasteiger charge is -2.28. The van der Waals surface area contributed by atoms with Crippen molar-refractivity contribution in [1.29, 1.82) is 0 Å². The van der Waals surface area contributed by atoms with Gasteiger partial charge >= 0.3 is 0 Å². The van der Waals surface area contributed by atoms with Gasteiger partial charge in [-0.05, 0) is 57.1 Å². The molecule has 1 aromatic rings. The van der Waals surface area contributed by atoms with Crippen LogP contribution in [-0.2, 0) is 5.41 Å². The Bertz CT molecular complexity index is 550. The molecule has 5 nitrogen and oxygen atoms in total. The minimum Gasteiger partial charge on any atom is -0.497 e. The van der Waals surface area contributed by atoms with E-state index in [9.17, 15) is 0 Å². The fourth-order valence-corrected chi connectivity index (χ4v) is 3.11. The molecule has 0 aliphatic rings. The van der Waals surface area contributed by atoms with E-state index in [-0.39, 0.29) is 5.41 Å². The van der Waals surface area contributed by atoms with E-state index >= 15 is 0 Å². The molecule has 1 rings (SSSR count). The molecular formula is C22H40N4O. The van der Waals surface area contributed by atoms with Gasteiger partial charge in [-0.2, -0.15) is 0 Å². The number of nitrogens with zero attached hydrogens (tertiary/aromatic N) is 2. The highest BCUT2D eigenvalue weighted by molar-refractivity contribution is 5.80. The molecule has 0 heterocycles. The molecule has 1 unspecified atom stereocenters. The molecule has 1 aromatic carbocycles. The standard InChI is InChI=1S/C22H40N4O/c1-8-26(9-2)16-10-11-18(3)25-21(23-6)24-17-22(4,5)19-12-14-20(27-7)15-13-19/h12-15,18H,8-11,16-17H2,1-7H3,(H2,23,24,25). The molecule has 0 saturated heterocycles. The zero-order valence-electron chi connectivity index (χ0n) is 18.4. The number of benzene rings is 1. The van der Waals surface area contributed by atoms with Gasteiger partial charge in [0.05, 0.1) is 7.11 Å². The van der Waals surface area contributed by atoms with Crippen molar-refractivity contribution < 1.29 is 4.74 Å². The summed E-state index contributed by atoms with van der Waals surface area (Å²) in [5.41, 5.74) is 1.27. The van der Waals surface area contributed by atoms with Gasteiger partial charge in [0.25, 0.3) is 0 Å². The Morgan fingerprint density at radius 1 is 1.19 bits per heavy atom. The Labute approximate surface area is 166 Å². The average molecular weight is 377 g/mol. The van der Waals surface area contributed by atoms with Crippen LogP contribution in [0, 0.1) is 0 Å². The van der Waals surface area contributed by atoms with Crippen LogP contribution in [-0.4, -0.2) is 57.2 Å². The van der Waals surface area contributed by atoms with E-state index in [1.54, 1.807) is 7.11 Å². The molecule has 0 amide bonds. The fourth-order valence-electron chi connectivity index (χ4n) is 3.11. The van der Waals surface area contributed by atoms with E-state index in [1.807, 2.05) is 19.2 Å². The summed E-state index contributed by atoms with van der Waals surface area (Å²) >= 11 is 0. The van der Waals surface area contributed by atoms with Crippen LogP contribution in [0.3, 0.4) is 0 Å². The lowest BCUT2D eigenvalue weighted by Crippen LogP contribution is -2.46. The predicted octanol–water partition coefficient (Wildman–Crippen LogP) is 3.65. The minimum absolute atomic E-state index is 0.00408. The largest absolute Gasteiger partial charge is 0.497 e. The van der Waals surface area contributed by atoms with Crippen LogP contribution in [0.4, 0.5) is 0 Å². The number of guanidine groups is 1. The first-order chi connectivity index (χ1) is 12.9. The monoisotopic (exact) mass is 376 g/mol. The maximum absolute atomic E-state index is 5.25. The fraction of sp³-hybridized carbons (Fsp3) is 0.682. The number of hydrogen-bond donors (Lipinski definition) is 2. The molecule has 27 heavy (non-hydrogen) atoms. The topological polar surface area (TPSA) is 48.9 Å². The first-order valence-corrected chi connectivity index (χ1v) is 10.2. The van der Waals surface area contributed by atoms with Crippen LogP contribution in [0.2, 0.25) is 0 Å². The summed E-state index contributed by atoms with van der Waals surface area (Å²) in [6.45, 7) is 15.4. The molecular weight excluding hydrogens is 336 g/mol. The van der Waals surface area contributed by atoms with E-state index in [2.05, 4.69) is 67.3 Å². The molecule has 0 aromatic heterocycles. The smallest absolute Gasteiger partial charge is 0.191 e. The van der Waals surface area contributed by atoms with E-state index < -0.39 is 0 Å². The maximum atomic E-state index is 5.25. The molecule has 5 heteroatoms. The molecule has 2 N–H and O–H groups in total. The number of rotatable bonds is 11. The molecule has 1 atom stereocenters. The molecule has 154 valence electrons. The quantitative estimate of drug-likeness (QED) is 0.457. The molecule has 0 radical (unpaired) electrons. The van der Waals surface area contributed by atoms with Gasteiger partial charge in [-0.3, -0.25) is 4.99 Å². The third-order valence-corrected chi connectivity index (χ3v) is 5.18. The molecule has 0 bridgehead atoms. The summed E-state index contributed by atoms with van der Waals surface area (Å²) in [6.07, 6.45) is 2.34. The Kier molecular flexibility index (Phi) is 10.2. The lowest BCUT2D eigenvalue weighted by atomic mass is 9.84. The van der Waals surface area contributed by atoms with Gasteiger partial charge in [-0.25, -0.2) is 0 Å². The number of methoxy groups -OCH3 is 1. The van der Waals surface area contributed by atoms with E-state index in [4.69, 9.17) is 4.74 Å². The van der Waals surface area contributed by atoms with Gasteiger partial charge in [0.15, 0.2) is 5.96 Å².